The molecule has 1 heterocycles. The van der Waals surface area contributed by atoms with Crippen molar-refractivity contribution < 1.29 is 13.2 Å². The second kappa shape index (κ2) is 8.54. The van der Waals surface area contributed by atoms with Crippen molar-refractivity contribution in [1.29, 1.82) is 0 Å². The average molecular weight is 412 g/mol. The third kappa shape index (κ3) is 5.18. The van der Waals surface area contributed by atoms with Gasteiger partial charge in [-0.05, 0) is 48.4 Å². The molecule has 0 spiro atoms. The van der Waals surface area contributed by atoms with Gasteiger partial charge in [0.15, 0.2) is 9.84 Å². The average Bonchev–Trinajstić information content (AvgIpc) is 3.15. The SMILES string of the molecule is CC(NC(=O)/C=C/c1ccc(-c2ccccc2)s1)c1ccc(S(C)(=O)=O)cc1. The zero-order chi connectivity index (χ0) is 20.1. The Bertz CT molecular complexity index is 1080. The zero-order valence-corrected chi connectivity index (χ0v) is 17.3. The molecule has 0 saturated heterocycles. The summed E-state index contributed by atoms with van der Waals surface area (Å²) >= 11 is 1.62. The van der Waals surface area contributed by atoms with E-state index in [9.17, 15) is 13.2 Å². The largest absolute Gasteiger partial charge is 0.346 e. The molecule has 0 aliphatic rings. The predicted molar refractivity (Wildman–Crippen MR) is 115 cm³/mol. The van der Waals surface area contributed by atoms with Crippen molar-refractivity contribution in [1.82, 2.24) is 5.32 Å². The first kappa shape index (κ1) is 20.0. The van der Waals surface area contributed by atoms with Crippen LogP contribution in [0.3, 0.4) is 0 Å². The van der Waals surface area contributed by atoms with Gasteiger partial charge >= 0.3 is 0 Å². The van der Waals surface area contributed by atoms with Gasteiger partial charge in [-0.1, -0.05) is 42.5 Å². The Morgan fingerprint density at radius 2 is 1.68 bits per heavy atom. The molecule has 1 aromatic heterocycles. The Hall–Kier alpha value is -2.70. The van der Waals surface area contributed by atoms with Crippen LogP contribution in [-0.4, -0.2) is 20.6 Å². The summed E-state index contributed by atoms with van der Waals surface area (Å²) in [5.41, 5.74) is 2.00. The molecular weight excluding hydrogens is 390 g/mol. The monoisotopic (exact) mass is 411 g/mol. The van der Waals surface area contributed by atoms with Crippen molar-refractivity contribution in [3.8, 4) is 10.4 Å². The van der Waals surface area contributed by atoms with E-state index in [2.05, 4.69) is 17.4 Å². The normalized spacial score (nSPS) is 12.8. The van der Waals surface area contributed by atoms with Crippen molar-refractivity contribution in [2.75, 3.05) is 6.26 Å². The smallest absolute Gasteiger partial charge is 0.244 e. The standard InChI is InChI=1S/C22H21NO3S2/c1-16(17-8-12-20(13-9-17)28(2,25)26)23-22(24)15-11-19-10-14-21(27-19)18-6-4-3-5-7-18/h3-16H,1-2H3,(H,23,24)/b15-11+. The van der Waals surface area contributed by atoms with Gasteiger partial charge in [0.1, 0.15) is 0 Å². The molecule has 1 amide bonds. The number of rotatable bonds is 6. The van der Waals surface area contributed by atoms with E-state index in [1.807, 2.05) is 37.3 Å². The number of thiophene rings is 1. The first-order valence-corrected chi connectivity index (χ1v) is 11.5. The van der Waals surface area contributed by atoms with Gasteiger partial charge in [-0.3, -0.25) is 4.79 Å². The van der Waals surface area contributed by atoms with Crippen LogP contribution in [0.25, 0.3) is 16.5 Å². The van der Waals surface area contributed by atoms with E-state index in [0.717, 1.165) is 20.9 Å². The van der Waals surface area contributed by atoms with Gasteiger partial charge in [-0.25, -0.2) is 8.42 Å². The first-order valence-electron chi connectivity index (χ1n) is 8.77. The summed E-state index contributed by atoms with van der Waals surface area (Å²) in [6.07, 6.45) is 4.49. The van der Waals surface area contributed by atoms with Crippen LogP contribution in [0.4, 0.5) is 0 Å². The Kier molecular flexibility index (Phi) is 6.11. The summed E-state index contributed by atoms with van der Waals surface area (Å²) < 4.78 is 23.1. The Balaban J connectivity index is 1.61. The minimum absolute atomic E-state index is 0.200. The zero-order valence-electron chi connectivity index (χ0n) is 15.6. The maximum Gasteiger partial charge on any atom is 0.244 e. The molecule has 0 fully saturated rings. The van der Waals surface area contributed by atoms with Gasteiger partial charge < -0.3 is 5.32 Å². The quantitative estimate of drug-likeness (QED) is 0.598. The molecule has 0 aliphatic heterocycles. The highest BCUT2D eigenvalue weighted by Gasteiger charge is 2.11. The molecule has 0 aliphatic carbocycles. The van der Waals surface area contributed by atoms with Gasteiger partial charge in [0, 0.05) is 22.1 Å². The van der Waals surface area contributed by atoms with Crippen molar-refractivity contribution in [3.05, 3.63) is 83.2 Å². The summed E-state index contributed by atoms with van der Waals surface area (Å²) in [5, 5.41) is 2.89. The second-order valence-electron chi connectivity index (χ2n) is 6.47. The maximum absolute atomic E-state index is 12.2. The van der Waals surface area contributed by atoms with Crippen LogP contribution in [0.5, 0.6) is 0 Å². The predicted octanol–water partition coefficient (Wildman–Crippen LogP) is 4.71. The molecule has 0 saturated carbocycles. The molecule has 1 unspecified atom stereocenters. The Labute approximate surface area is 169 Å². The topological polar surface area (TPSA) is 63.2 Å². The van der Waals surface area contributed by atoms with Crippen LogP contribution in [0.15, 0.2) is 77.7 Å². The summed E-state index contributed by atoms with van der Waals surface area (Å²) in [5.74, 6) is -0.200. The molecule has 0 bridgehead atoms. The number of carbonyl (C=O) groups is 1. The fraction of sp³-hybridized carbons (Fsp3) is 0.136. The van der Waals surface area contributed by atoms with E-state index < -0.39 is 9.84 Å². The maximum atomic E-state index is 12.2. The molecule has 144 valence electrons. The van der Waals surface area contributed by atoms with E-state index in [0.29, 0.717) is 0 Å². The lowest BCUT2D eigenvalue weighted by molar-refractivity contribution is -0.117. The lowest BCUT2D eigenvalue weighted by Crippen LogP contribution is -2.24. The van der Waals surface area contributed by atoms with Crippen LogP contribution in [0.1, 0.15) is 23.4 Å². The van der Waals surface area contributed by atoms with Gasteiger partial charge in [0.2, 0.25) is 5.91 Å². The molecule has 2 aromatic carbocycles. The Morgan fingerprint density at radius 3 is 2.32 bits per heavy atom. The summed E-state index contributed by atoms with van der Waals surface area (Å²) in [7, 11) is -3.22. The number of amides is 1. The van der Waals surface area contributed by atoms with Crippen LogP contribution in [0.2, 0.25) is 0 Å². The van der Waals surface area contributed by atoms with E-state index in [-0.39, 0.29) is 16.8 Å². The molecule has 28 heavy (non-hydrogen) atoms. The molecule has 1 N–H and O–H groups in total. The number of benzene rings is 2. The second-order valence-corrected chi connectivity index (χ2v) is 9.60. The minimum Gasteiger partial charge on any atom is -0.346 e. The highest BCUT2D eigenvalue weighted by molar-refractivity contribution is 7.90. The molecular formula is C22H21NO3S2. The minimum atomic E-state index is -3.22. The van der Waals surface area contributed by atoms with Crippen LogP contribution in [-0.2, 0) is 14.6 Å². The third-order valence-electron chi connectivity index (χ3n) is 4.25. The van der Waals surface area contributed by atoms with Gasteiger partial charge in [-0.2, -0.15) is 0 Å². The summed E-state index contributed by atoms with van der Waals surface area (Å²) in [6, 6.07) is 20.5. The van der Waals surface area contributed by atoms with Crippen molar-refractivity contribution in [3.63, 3.8) is 0 Å². The molecule has 3 rings (SSSR count). The number of sulfone groups is 1. The third-order valence-corrected chi connectivity index (χ3v) is 6.48. The van der Waals surface area contributed by atoms with Crippen LogP contribution in [0, 0.1) is 0 Å². The first-order chi connectivity index (χ1) is 13.3. The van der Waals surface area contributed by atoms with Gasteiger partial charge in [-0.15, -0.1) is 11.3 Å². The fourth-order valence-electron chi connectivity index (χ4n) is 2.71. The van der Waals surface area contributed by atoms with E-state index in [1.54, 1.807) is 41.7 Å². The molecule has 4 nitrogen and oxygen atoms in total. The van der Waals surface area contributed by atoms with Gasteiger partial charge in [0.25, 0.3) is 0 Å². The lowest BCUT2D eigenvalue weighted by atomic mass is 10.1. The number of carbonyl (C=O) groups excluding carboxylic acids is 1. The highest BCUT2D eigenvalue weighted by atomic mass is 32.2. The highest BCUT2D eigenvalue weighted by Crippen LogP contribution is 2.28. The van der Waals surface area contributed by atoms with E-state index >= 15 is 0 Å². The number of nitrogens with one attached hydrogen (secondary N) is 1. The molecule has 3 aromatic rings. The van der Waals surface area contributed by atoms with Crippen molar-refractivity contribution >= 4 is 33.2 Å². The summed E-state index contributed by atoms with van der Waals surface area (Å²) in [4.78, 5) is 14.6. The van der Waals surface area contributed by atoms with Crippen molar-refractivity contribution in [2.24, 2.45) is 0 Å². The fourth-order valence-corrected chi connectivity index (χ4v) is 4.25. The lowest BCUT2D eigenvalue weighted by Gasteiger charge is -2.13. The molecule has 0 radical (unpaired) electrons. The van der Waals surface area contributed by atoms with Crippen LogP contribution >= 0.6 is 11.3 Å². The van der Waals surface area contributed by atoms with E-state index in [4.69, 9.17) is 0 Å². The molecule has 1 atom stereocenters. The van der Waals surface area contributed by atoms with Gasteiger partial charge in [0.05, 0.1) is 10.9 Å². The number of hydrogen-bond donors (Lipinski definition) is 1. The van der Waals surface area contributed by atoms with Crippen molar-refractivity contribution in [2.45, 2.75) is 17.9 Å². The van der Waals surface area contributed by atoms with Crippen LogP contribution < -0.4 is 5.32 Å². The Morgan fingerprint density at radius 1 is 1.00 bits per heavy atom. The number of hydrogen-bond acceptors (Lipinski definition) is 4. The van der Waals surface area contributed by atoms with E-state index in [1.165, 1.54) is 12.3 Å². The summed E-state index contributed by atoms with van der Waals surface area (Å²) in [6.45, 7) is 1.86. The molecule has 6 heteroatoms.